The van der Waals surface area contributed by atoms with Crippen molar-refractivity contribution < 1.29 is 0 Å². The van der Waals surface area contributed by atoms with E-state index >= 15 is 0 Å². The molecule has 0 aromatic heterocycles. The molecule has 46 valence electrons. The zero-order valence-electron chi connectivity index (χ0n) is 5.94. The van der Waals surface area contributed by atoms with E-state index in [9.17, 15) is 0 Å². The molecule has 0 spiro atoms. The lowest BCUT2D eigenvalue weighted by molar-refractivity contribution is 0.530. The summed E-state index contributed by atoms with van der Waals surface area (Å²) in [6.45, 7) is 4.15. The molecule has 0 aliphatic carbocycles. The van der Waals surface area contributed by atoms with Gasteiger partial charge in [0, 0.05) is 6.04 Å². The zero-order valence-corrected chi connectivity index (χ0v) is 5.94. The van der Waals surface area contributed by atoms with Crippen molar-refractivity contribution >= 4 is 7.85 Å². The molecular formula is C6H14BN. The molecule has 2 atom stereocenters. The zero-order chi connectivity index (χ0) is 6.57. The van der Waals surface area contributed by atoms with E-state index in [1.165, 1.54) is 0 Å². The Labute approximate surface area is 53.3 Å². The van der Waals surface area contributed by atoms with Crippen molar-refractivity contribution in [1.82, 2.24) is 5.32 Å². The summed E-state index contributed by atoms with van der Waals surface area (Å²) in [5.41, 5.74) is 0. The Morgan fingerprint density at radius 2 is 2.12 bits per heavy atom. The summed E-state index contributed by atoms with van der Waals surface area (Å²) >= 11 is 0. The van der Waals surface area contributed by atoms with Gasteiger partial charge in [0.25, 0.3) is 0 Å². The maximum atomic E-state index is 5.60. The molecule has 0 saturated heterocycles. The van der Waals surface area contributed by atoms with Crippen molar-refractivity contribution in [3.05, 3.63) is 0 Å². The Kier molecular flexibility index (Phi) is 3.97. The topological polar surface area (TPSA) is 12.0 Å². The predicted molar refractivity (Wildman–Crippen MR) is 38.3 cm³/mol. The highest BCUT2D eigenvalue weighted by Crippen LogP contribution is 2.06. The highest BCUT2D eigenvalue weighted by Gasteiger charge is 2.05. The van der Waals surface area contributed by atoms with Crippen molar-refractivity contribution in [2.24, 2.45) is 0 Å². The first kappa shape index (κ1) is 8.02. The average Bonchev–Trinajstić information content (AvgIpc) is 1.69. The number of rotatable bonds is 3. The Hall–Kier alpha value is 0.0249. The van der Waals surface area contributed by atoms with Gasteiger partial charge in [-0.1, -0.05) is 19.7 Å². The molecule has 0 aliphatic rings. The van der Waals surface area contributed by atoms with Crippen LogP contribution in [0.4, 0.5) is 0 Å². The van der Waals surface area contributed by atoms with Gasteiger partial charge in [-0.05, 0) is 13.5 Å². The van der Waals surface area contributed by atoms with Crippen LogP contribution in [0.5, 0.6) is 0 Å². The molecule has 2 unspecified atom stereocenters. The Balaban J connectivity index is 3.35. The molecule has 2 radical (unpaired) electrons. The minimum Gasteiger partial charge on any atom is -0.317 e. The highest BCUT2D eigenvalue weighted by atomic mass is 14.9. The van der Waals surface area contributed by atoms with Crippen molar-refractivity contribution in [3.63, 3.8) is 0 Å². The average molecular weight is 111 g/mol. The van der Waals surface area contributed by atoms with E-state index in [2.05, 4.69) is 12.2 Å². The minimum absolute atomic E-state index is 0.269. The fraction of sp³-hybridized carbons (Fsp3) is 1.00. The summed E-state index contributed by atoms with van der Waals surface area (Å²) in [5, 5.41) is 3.13. The van der Waals surface area contributed by atoms with Crippen molar-refractivity contribution in [2.75, 3.05) is 7.05 Å². The van der Waals surface area contributed by atoms with Crippen LogP contribution in [0.15, 0.2) is 0 Å². The Morgan fingerprint density at radius 3 is 2.12 bits per heavy atom. The van der Waals surface area contributed by atoms with Gasteiger partial charge < -0.3 is 5.32 Å². The number of hydrogen-bond donors (Lipinski definition) is 1. The van der Waals surface area contributed by atoms with E-state index < -0.39 is 0 Å². The molecule has 1 nitrogen and oxygen atoms in total. The van der Waals surface area contributed by atoms with Gasteiger partial charge in [0.2, 0.25) is 0 Å². The smallest absolute Gasteiger partial charge is 0.0716 e. The molecular weight excluding hydrogens is 96.9 g/mol. The maximum absolute atomic E-state index is 5.60. The second kappa shape index (κ2) is 3.96. The summed E-state index contributed by atoms with van der Waals surface area (Å²) in [6, 6.07) is 0.481. The van der Waals surface area contributed by atoms with E-state index in [1.807, 2.05) is 14.0 Å². The molecule has 0 aromatic carbocycles. The van der Waals surface area contributed by atoms with Crippen LogP contribution in [-0.2, 0) is 0 Å². The third-order valence-electron chi connectivity index (χ3n) is 1.45. The largest absolute Gasteiger partial charge is 0.317 e. The molecule has 0 fully saturated rings. The van der Waals surface area contributed by atoms with Crippen LogP contribution in [0.3, 0.4) is 0 Å². The molecule has 8 heavy (non-hydrogen) atoms. The summed E-state index contributed by atoms with van der Waals surface area (Å²) in [7, 11) is 7.54. The predicted octanol–water partition coefficient (Wildman–Crippen LogP) is 0.961. The minimum atomic E-state index is 0.269. The Bertz CT molecular complexity index is 50.5. The third-order valence-corrected chi connectivity index (χ3v) is 1.45. The maximum Gasteiger partial charge on any atom is 0.0716 e. The van der Waals surface area contributed by atoms with Crippen LogP contribution in [0.1, 0.15) is 20.3 Å². The van der Waals surface area contributed by atoms with Crippen molar-refractivity contribution in [2.45, 2.75) is 32.1 Å². The van der Waals surface area contributed by atoms with E-state index in [4.69, 9.17) is 7.85 Å². The number of hydrogen-bond acceptors (Lipinski definition) is 1. The van der Waals surface area contributed by atoms with Crippen LogP contribution < -0.4 is 5.32 Å². The van der Waals surface area contributed by atoms with Gasteiger partial charge in [-0.3, -0.25) is 0 Å². The summed E-state index contributed by atoms with van der Waals surface area (Å²) in [6.07, 6.45) is 1.11. The summed E-state index contributed by atoms with van der Waals surface area (Å²) < 4.78 is 0. The number of nitrogens with one attached hydrogen (secondary N) is 1. The molecule has 0 aliphatic heterocycles. The first-order valence-electron chi connectivity index (χ1n) is 3.15. The van der Waals surface area contributed by atoms with Crippen LogP contribution in [-0.4, -0.2) is 20.9 Å². The molecule has 0 saturated carbocycles. The summed E-state index contributed by atoms with van der Waals surface area (Å²) in [5.74, 6) is 0.269. The molecule has 2 heteroatoms. The third kappa shape index (κ3) is 2.36. The van der Waals surface area contributed by atoms with Gasteiger partial charge in [-0.25, -0.2) is 0 Å². The SMILES string of the molecule is [B]C(C)C(CC)NC. The van der Waals surface area contributed by atoms with Gasteiger partial charge in [0.15, 0.2) is 0 Å². The molecule has 0 rings (SSSR count). The molecule has 1 N–H and O–H groups in total. The van der Waals surface area contributed by atoms with E-state index in [0.29, 0.717) is 6.04 Å². The molecule has 0 bridgehead atoms. The Morgan fingerprint density at radius 1 is 1.62 bits per heavy atom. The quantitative estimate of drug-likeness (QED) is 0.535. The monoisotopic (exact) mass is 111 g/mol. The fourth-order valence-corrected chi connectivity index (χ4v) is 0.839. The van der Waals surface area contributed by atoms with E-state index in [0.717, 1.165) is 6.42 Å². The van der Waals surface area contributed by atoms with Gasteiger partial charge in [-0.15, -0.1) is 0 Å². The lowest BCUT2D eigenvalue weighted by Crippen LogP contribution is -2.27. The van der Waals surface area contributed by atoms with Crippen molar-refractivity contribution in [3.8, 4) is 0 Å². The van der Waals surface area contributed by atoms with Gasteiger partial charge in [-0.2, -0.15) is 0 Å². The van der Waals surface area contributed by atoms with E-state index in [1.54, 1.807) is 0 Å². The van der Waals surface area contributed by atoms with Crippen LogP contribution in [0.2, 0.25) is 5.82 Å². The molecule has 0 heterocycles. The summed E-state index contributed by atoms with van der Waals surface area (Å²) in [4.78, 5) is 0. The second-order valence-electron chi connectivity index (χ2n) is 2.16. The first-order valence-corrected chi connectivity index (χ1v) is 3.15. The van der Waals surface area contributed by atoms with Gasteiger partial charge in [0.1, 0.15) is 0 Å². The highest BCUT2D eigenvalue weighted by molar-refractivity contribution is 6.11. The van der Waals surface area contributed by atoms with Crippen LogP contribution in [0, 0.1) is 0 Å². The van der Waals surface area contributed by atoms with Crippen molar-refractivity contribution in [1.29, 1.82) is 0 Å². The second-order valence-corrected chi connectivity index (χ2v) is 2.16. The lowest BCUT2D eigenvalue weighted by atomic mass is 9.82. The molecule has 0 amide bonds. The normalized spacial score (nSPS) is 17.9. The fourth-order valence-electron chi connectivity index (χ4n) is 0.839. The molecule has 0 aromatic rings. The van der Waals surface area contributed by atoms with Gasteiger partial charge in [0.05, 0.1) is 7.85 Å². The lowest BCUT2D eigenvalue weighted by Gasteiger charge is -2.17. The van der Waals surface area contributed by atoms with E-state index in [-0.39, 0.29) is 5.82 Å². The van der Waals surface area contributed by atoms with Crippen LogP contribution in [0.25, 0.3) is 0 Å². The van der Waals surface area contributed by atoms with Gasteiger partial charge >= 0.3 is 0 Å². The standard InChI is InChI=1S/C6H14BN/c1-4-6(8-3)5(2)7/h5-6,8H,4H2,1-3H3. The van der Waals surface area contributed by atoms with Crippen LogP contribution >= 0.6 is 0 Å². The first-order chi connectivity index (χ1) is 3.72.